The van der Waals surface area contributed by atoms with Crippen molar-refractivity contribution in [3.05, 3.63) is 28.5 Å². The Morgan fingerprint density at radius 2 is 1.47 bits per heavy atom. The van der Waals surface area contributed by atoms with Crippen LogP contribution < -0.4 is 0 Å². The van der Waals surface area contributed by atoms with Crippen LogP contribution in [0.4, 0.5) is 0 Å². The molecule has 1 nitrogen and oxygen atoms in total. The van der Waals surface area contributed by atoms with E-state index in [0.29, 0.717) is 5.15 Å². The summed E-state index contributed by atoms with van der Waals surface area (Å²) >= 11 is 6.05. The molecule has 0 N–H and O–H groups in total. The van der Waals surface area contributed by atoms with Gasteiger partial charge in [0.2, 0.25) is 0 Å². The van der Waals surface area contributed by atoms with E-state index in [4.69, 9.17) is 11.6 Å². The molecule has 0 spiro atoms. The van der Waals surface area contributed by atoms with Gasteiger partial charge in [-0.15, -0.1) is 0 Å². The molecule has 0 atom stereocenters. The summed E-state index contributed by atoms with van der Waals surface area (Å²) in [5.41, 5.74) is 2.46. The highest BCUT2D eigenvalue weighted by molar-refractivity contribution is 6.29. The molecule has 1 heterocycles. The first-order valence-corrected chi connectivity index (χ1v) is 5.67. The van der Waals surface area contributed by atoms with Gasteiger partial charge in [0, 0.05) is 11.1 Å². The molecule has 0 fully saturated rings. The van der Waals surface area contributed by atoms with E-state index >= 15 is 0 Å². The summed E-state index contributed by atoms with van der Waals surface area (Å²) in [4.78, 5) is 4.38. The van der Waals surface area contributed by atoms with Crippen LogP contribution >= 0.6 is 11.6 Å². The maximum Gasteiger partial charge on any atom is 0.129 e. The summed E-state index contributed by atoms with van der Waals surface area (Å²) in [5, 5.41) is 0.590. The molecule has 0 saturated heterocycles. The summed E-state index contributed by atoms with van der Waals surface area (Å²) < 4.78 is 0. The first-order chi connectivity index (χ1) is 6.60. The maximum atomic E-state index is 6.05. The second kappa shape index (κ2) is 3.79. The standard InChI is InChI=1S/C13H20ClN/c1-12(2,3)9-7-10(13(4,5)6)15-11(14)8-9/h7-8H,1-6H3. The third-order valence-electron chi connectivity index (χ3n) is 2.43. The van der Waals surface area contributed by atoms with Crippen molar-refractivity contribution in [3.63, 3.8) is 0 Å². The zero-order valence-electron chi connectivity index (χ0n) is 10.5. The zero-order valence-corrected chi connectivity index (χ0v) is 11.2. The van der Waals surface area contributed by atoms with Crippen LogP contribution in [0.15, 0.2) is 12.1 Å². The molecule has 1 aromatic rings. The van der Waals surface area contributed by atoms with E-state index in [1.165, 1.54) is 5.56 Å². The number of rotatable bonds is 0. The molecule has 0 unspecified atom stereocenters. The van der Waals surface area contributed by atoms with Crippen molar-refractivity contribution in [2.24, 2.45) is 0 Å². The zero-order chi connectivity index (χ0) is 11.9. The Hall–Kier alpha value is -0.560. The molecule has 1 rings (SSSR count). The summed E-state index contributed by atoms with van der Waals surface area (Å²) in [7, 11) is 0. The number of hydrogen-bond acceptors (Lipinski definition) is 1. The Labute approximate surface area is 97.9 Å². The molecule has 0 amide bonds. The fourth-order valence-corrected chi connectivity index (χ4v) is 1.52. The number of aromatic nitrogens is 1. The average Bonchev–Trinajstić information content (AvgIpc) is 1.99. The topological polar surface area (TPSA) is 12.9 Å². The van der Waals surface area contributed by atoms with E-state index in [2.05, 4.69) is 52.6 Å². The van der Waals surface area contributed by atoms with Gasteiger partial charge in [0.05, 0.1) is 0 Å². The van der Waals surface area contributed by atoms with E-state index in [1.807, 2.05) is 6.07 Å². The lowest BCUT2D eigenvalue weighted by molar-refractivity contribution is 0.552. The van der Waals surface area contributed by atoms with Crippen molar-refractivity contribution in [2.45, 2.75) is 52.4 Å². The van der Waals surface area contributed by atoms with Crippen LogP contribution in [0.1, 0.15) is 52.8 Å². The fourth-order valence-electron chi connectivity index (χ4n) is 1.31. The van der Waals surface area contributed by atoms with E-state index in [9.17, 15) is 0 Å². The summed E-state index contributed by atoms with van der Waals surface area (Å²) in [6, 6.07) is 4.11. The van der Waals surface area contributed by atoms with Gasteiger partial charge in [0.25, 0.3) is 0 Å². The molecule has 0 bridgehead atoms. The lowest BCUT2D eigenvalue weighted by Crippen LogP contribution is -2.18. The Morgan fingerprint density at radius 3 is 1.87 bits per heavy atom. The van der Waals surface area contributed by atoms with Crippen molar-refractivity contribution in [1.29, 1.82) is 0 Å². The third-order valence-corrected chi connectivity index (χ3v) is 2.62. The van der Waals surface area contributed by atoms with Gasteiger partial charge in [-0.05, 0) is 23.1 Å². The summed E-state index contributed by atoms with van der Waals surface area (Å²) in [5.74, 6) is 0. The highest BCUT2D eigenvalue weighted by Crippen LogP contribution is 2.29. The molecule has 0 radical (unpaired) electrons. The molecule has 0 saturated carbocycles. The van der Waals surface area contributed by atoms with Crippen molar-refractivity contribution < 1.29 is 0 Å². The van der Waals surface area contributed by atoms with Crippen LogP contribution in [-0.2, 0) is 10.8 Å². The number of nitrogens with zero attached hydrogens (tertiary/aromatic N) is 1. The fraction of sp³-hybridized carbons (Fsp3) is 0.615. The smallest absolute Gasteiger partial charge is 0.129 e. The molecular formula is C13H20ClN. The molecule has 0 aliphatic heterocycles. The second-order valence-electron chi connectivity index (χ2n) is 6.06. The minimum atomic E-state index is 0.0465. The second-order valence-corrected chi connectivity index (χ2v) is 6.45. The van der Waals surface area contributed by atoms with Crippen LogP contribution in [0.25, 0.3) is 0 Å². The van der Waals surface area contributed by atoms with Crippen LogP contribution in [-0.4, -0.2) is 4.98 Å². The predicted molar refractivity (Wildman–Crippen MR) is 66.6 cm³/mol. The van der Waals surface area contributed by atoms with E-state index in [-0.39, 0.29) is 10.8 Å². The molecule has 1 aromatic heterocycles. The van der Waals surface area contributed by atoms with E-state index < -0.39 is 0 Å². The third kappa shape index (κ3) is 3.20. The molecule has 0 aliphatic carbocycles. The summed E-state index contributed by atoms with van der Waals surface area (Å²) in [6.07, 6.45) is 0. The van der Waals surface area contributed by atoms with Crippen LogP contribution in [0, 0.1) is 0 Å². The van der Waals surface area contributed by atoms with Crippen molar-refractivity contribution in [1.82, 2.24) is 4.98 Å². The van der Waals surface area contributed by atoms with Gasteiger partial charge in [-0.25, -0.2) is 4.98 Å². The quantitative estimate of drug-likeness (QED) is 0.599. The van der Waals surface area contributed by atoms with Crippen LogP contribution in [0.5, 0.6) is 0 Å². The lowest BCUT2D eigenvalue weighted by atomic mass is 9.84. The highest BCUT2D eigenvalue weighted by Gasteiger charge is 2.21. The number of halogens is 1. The molecule has 2 heteroatoms. The Bertz CT molecular complexity index is 324. The van der Waals surface area contributed by atoms with Gasteiger partial charge in [-0.3, -0.25) is 0 Å². The maximum absolute atomic E-state index is 6.05. The Kier molecular flexibility index (Phi) is 3.16. The molecule has 15 heavy (non-hydrogen) atoms. The van der Waals surface area contributed by atoms with Gasteiger partial charge in [0.15, 0.2) is 0 Å². The average molecular weight is 226 g/mol. The minimum absolute atomic E-state index is 0.0465. The van der Waals surface area contributed by atoms with Gasteiger partial charge < -0.3 is 0 Å². The predicted octanol–water partition coefficient (Wildman–Crippen LogP) is 4.33. The normalized spacial score (nSPS) is 13.0. The molecule has 84 valence electrons. The monoisotopic (exact) mass is 225 g/mol. The first kappa shape index (κ1) is 12.5. The van der Waals surface area contributed by atoms with Crippen molar-refractivity contribution >= 4 is 11.6 Å². The van der Waals surface area contributed by atoms with Crippen molar-refractivity contribution in [3.8, 4) is 0 Å². The number of hydrogen-bond donors (Lipinski definition) is 0. The van der Waals surface area contributed by atoms with Gasteiger partial charge in [-0.1, -0.05) is 53.1 Å². The van der Waals surface area contributed by atoms with Crippen molar-refractivity contribution in [2.75, 3.05) is 0 Å². The molecular weight excluding hydrogens is 206 g/mol. The van der Waals surface area contributed by atoms with Crippen LogP contribution in [0.2, 0.25) is 5.15 Å². The highest BCUT2D eigenvalue weighted by atomic mass is 35.5. The summed E-state index contributed by atoms with van der Waals surface area (Å²) in [6.45, 7) is 13.0. The number of pyridine rings is 1. The van der Waals surface area contributed by atoms with E-state index in [1.54, 1.807) is 0 Å². The van der Waals surface area contributed by atoms with Gasteiger partial charge in [-0.2, -0.15) is 0 Å². The molecule has 0 aliphatic rings. The first-order valence-electron chi connectivity index (χ1n) is 5.29. The minimum Gasteiger partial charge on any atom is -0.241 e. The Morgan fingerprint density at radius 1 is 0.933 bits per heavy atom. The lowest BCUT2D eigenvalue weighted by Gasteiger charge is -2.24. The van der Waals surface area contributed by atoms with Crippen LogP contribution in [0.3, 0.4) is 0 Å². The SMILES string of the molecule is CC(C)(C)c1cc(Cl)nc(C(C)(C)C)c1. The van der Waals surface area contributed by atoms with E-state index in [0.717, 1.165) is 5.69 Å². The van der Waals surface area contributed by atoms with Gasteiger partial charge in [0.1, 0.15) is 5.15 Å². The molecule has 0 aromatic carbocycles. The largest absolute Gasteiger partial charge is 0.241 e. The Balaban J connectivity index is 3.30. The van der Waals surface area contributed by atoms with Gasteiger partial charge >= 0.3 is 0 Å².